The molecule has 1 aliphatic heterocycles. The van der Waals surface area contributed by atoms with Crippen LogP contribution in [0.4, 0.5) is 11.4 Å². The fraction of sp³-hybridized carbons (Fsp3) is 0.179. The van der Waals surface area contributed by atoms with E-state index in [1.165, 1.54) is 4.31 Å². The van der Waals surface area contributed by atoms with Gasteiger partial charge in [-0.25, -0.2) is 8.42 Å². The van der Waals surface area contributed by atoms with Crippen molar-refractivity contribution in [1.82, 2.24) is 0 Å². The molecule has 178 valence electrons. The van der Waals surface area contributed by atoms with Crippen molar-refractivity contribution >= 4 is 38.1 Å². The fourth-order valence-corrected chi connectivity index (χ4v) is 5.84. The summed E-state index contributed by atoms with van der Waals surface area (Å²) < 4.78 is 33.9. The Hall–Kier alpha value is -3.84. The molecule has 5 rings (SSSR count). The predicted molar refractivity (Wildman–Crippen MR) is 139 cm³/mol. The first-order chi connectivity index (χ1) is 16.9. The molecular formula is C28H26N2O4S. The molecule has 0 saturated carbocycles. The van der Waals surface area contributed by atoms with Gasteiger partial charge in [0.25, 0.3) is 15.9 Å². The first-order valence-corrected chi connectivity index (χ1v) is 13.0. The van der Waals surface area contributed by atoms with Gasteiger partial charge in [0.1, 0.15) is 5.75 Å². The molecule has 7 heteroatoms. The Morgan fingerprint density at radius 2 is 1.71 bits per heavy atom. The molecular weight excluding hydrogens is 460 g/mol. The molecule has 35 heavy (non-hydrogen) atoms. The lowest BCUT2D eigenvalue weighted by Gasteiger charge is -2.31. The molecule has 0 aromatic heterocycles. The lowest BCUT2D eigenvalue weighted by Crippen LogP contribution is -2.35. The van der Waals surface area contributed by atoms with Gasteiger partial charge in [0.2, 0.25) is 0 Å². The van der Waals surface area contributed by atoms with Crippen LogP contribution in [0.25, 0.3) is 10.8 Å². The van der Waals surface area contributed by atoms with E-state index in [0.717, 1.165) is 34.7 Å². The Morgan fingerprint density at radius 1 is 0.943 bits per heavy atom. The van der Waals surface area contributed by atoms with E-state index < -0.39 is 10.0 Å². The Bertz CT molecular complexity index is 1500. The molecule has 1 amide bonds. The number of anilines is 2. The number of aryl methyl sites for hydroxylation is 2. The van der Waals surface area contributed by atoms with Crippen LogP contribution in [0.15, 0.2) is 89.8 Å². The van der Waals surface area contributed by atoms with Crippen LogP contribution in [0.5, 0.6) is 5.75 Å². The number of nitrogens with zero attached hydrogens (tertiary/aromatic N) is 1. The number of sulfonamides is 1. The second-order valence-electron chi connectivity index (χ2n) is 8.68. The number of fused-ring (bicyclic) bond motifs is 2. The monoisotopic (exact) mass is 486 g/mol. The second kappa shape index (κ2) is 9.43. The van der Waals surface area contributed by atoms with Crippen LogP contribution in [0, 0.1) is 6.92 Å². The quantitative estimate of drug-likeness (QED) is 0.401. The molecule has 0 aliphatic carbocycles. The molecule has 0 atom stereocenters. The average Bonchev–Trinajstić information content (AvgIpc) is 2.87. The van der Waals surface area contributed by atoms with Crippen molar-refractivity contribution < 1.29 is 17.9 Å². The maximum Gasteiger partial charge on any atom is 0.264 e. The molecule has 0 radical (unpaired) electrons. The summed E-state index contributed by atoms with van der Waals surface area (Å²) in [6, 6.07) is 25.9. The van der Waals surface area contributed by atoms with Gasteiger partial charge in [0.15, 0.2) is 6.61 Å². The number of hydrogen-bond acceptors (Lipinski definition) is 4. The van der Waals surface area contributed by atoms with Gasteiger partial charge in [-0.15, -0.1) is 0 Å². The molecule has 6 nitrogen and oxygen atoms in total. The largest absolute Gasteiger partial charge is 0.484 e. The number of nitrogens with one attached hydrogen (secondary N) is 1. The van der Waals surface area contributed by atoms with Gasteiger partial charge in [-0.3, -0.25) is 9.10 Å². The number of carbonyl (C=O) groups is 1. The van der Waals surface area contributed by atoms with Crippen LogP contribution in [0.1, 0.15) is 17.5 Å². The maximum atomic E-state index is 13.4. The van der Waals surface area contributed by atoms with E-state index in [1.54, 1.807) is 36.4 Å². The van der Waals surface area contributed by atoms with E-state index in [9.17, 15) is 13.2 Å². The minimum Gasteiger partial charge on any atom is -0.484 e. The topological polar surface area (TPSA) is 75.7 Å². The smallest absolute Gasteiger partial charge is 0.264 e. The molecule has 1 aliphatic rings. The van der Waals surface area contributed by atoms with Crippen molar-refractivity contribution in [1.29, 1.82) is 0 Å². The molecule has 0 bridgehead atoms. The lowest BCUT2D eigenvalue weighted by atomic mass is 10.0. The van der Waals surface area contributed by atoms with Crippen molar-refractivity contribution in [2.24, 2.45) is 0 Å². The van der Waals surface area contributed by atoms with E-state index in [2.05, 4.69) is 5.32 Å². The van der Waals surface area contributed by atoms with Crippen molar-refractivity contribution in [3.63, 3.8) is 0 Å². The standard InChI is InChI=1S/C28H26N2O4S/c1-20-8-14-26(15-9-20)35(32,33)30-16-4-7-22-10-12-24(18-27(22)30)29-28(31)19-34-25-13-11-21-5-2-3-6-23(21)17-25/h2-3,5-6,8-15,17-18H,4,7,16,19H2,1H3,(H,29,31). The van der Waals surface area contributed by atoms with Crippen LogP contribution in [0.3, 0.4) is 0 Å². The predicted octanol–water partition coefficient (Wildman–Crippen LogP) is 5.31. The molecule has 0 saturated heterocycles. The van der Waals surface area contributed by atoms with Gasteiger partial charge in [-0.1, -0.05) is 54.1 Å². The Kier molecular flexibility index (Phi) is 6.17. The minimum absolute atomic E-state index is 0.152. The molecule has 4 aromatic rings. The summed E-state index contributed by atoms with van der Waals surface area (Å²) in [4.78, 5) is 12.8. The lowest BCUT2D eigenvalue weighted by molar-refractivity contribution is -0.118. The van der Waals surface area contributed by atoms with E-state index >= 15 is 0 Å². The molecule has 4 aromatic carbocycles. The van der Waals surface area contributed by atoms with Crippen LogP contribution < -0.4 is 14.4 Å². The zero-order valence-electron chi connectivity index (χ0n) is 19.4. The van der Waals surface area contributed by atoms with Gasteiger partial charge in [-0.05, 0) is 72.5 Å². The summed E-state index contributed by atoms with van der Waals surface area (Å²) in [5, 5.41) is 4.97. The zero-order valence-corrected chi connectivity index (χ0v) is 20.2. The number of benzene rings is 4. The maximum absolute atomic E-state index is 13.4. The van der Waals surface area contributed by atoms with Gasteiger partial charge in [0.05, 0.1) is 10.6 Å². The van der Waals surface area contributed by atoms with Crippen LogP contribution in [-0.2, 0) is 21.2 Å². The van der Waals surface area contributed by atoms with Gasteiger partial charge >= 0.3 is 0 Å². The highest BCUT2D eigenvalue weighted by molar-refractivity contribution is 7.92. The highest BCUT2D eigenvalue weighted by Gasteiger charge is 2.29. The fourth-order valence-electron chi connectivity index (χ4n) is 4.31. The number of ether oxygens (including phenoxy) is 1. The molecule has 1 N–H and O–H groups in total. The van der Waals surface area contributed by atoms with E-state index in [0.29, 0.717) is 23.7 Å². The van der Waals surface area contributed by atoms with E-state index in [4.69, 9.17) is 4.74 Å². The van der Waals surface area contributed by atoms with Crippen molar-refractivity contribution in [2.75, 3.05) is 22.8 Å². The first-order valence-electron chi connectivity index (χ1n) is 11.5. The molecule has 1 heterocycles. The number of hydrogen-bond donors (Lipinski definition) is 1. The van der Waals surface area contributed by atoms with Crippen molar-refractivity contribution in [2.45, 2.75) is 24.7 Å². The highest BCUT2D eigenvalue weighted by Crippen LogP contribution is 2.34. The summed E-state index contributed by atoms with van der Waals surface area (Å²) in [5.74, 6) is 0.293. The molecule has 0 unspecified atom stereocenters. The number of amides is 1. The molecule has 0 spiro atoms. The van der Waals surface area contributed by atoms with E-state index in [1.807, 2.05) is 55.5 Å². The normalized spacial score (nSPS) is 13.3. The van der Waals surface area contributed by atoms with Crippen LogP contribution in [0.2, 0.25) is 0 Å². The second-order valence-corrected chi connectivity index (χ2v) is 10.5. The Balaban J connectivity index is 1.31. The number of rotatable bonds is 6. The highest BCUT2D eigenvalue weighted by atomic mass is 32.2. The van der Waals surface area contributed by atoms with Gasteiger partial charge in [0, 0.05) is 12.2 Å². The Morgan fingerprint density at radius 3 is 2.51 bits per heavy atom. The summed E-state index contributed by atoms with van der Waals surface area (Å²) in [6.07, 6.45) is 1.53. The number of carbonyl (C=O) groups excluding carboxylic acids is 1. The summed E-state index contributed by atoms with van der Waals surface area (Å²) >= 11 is 0. The summed E-state index contributed by atoms with van der Waals surface area (Å²) in [7, 11) is -3.71. The van der Waals surface area contributed by atoms with Crippen molar-refractivity contribution in [3.05, 3.63) is 96.1 Å². The third kappa shape index (κ3) is 4.86. The van der Waals surface area contributed by atoms with Crippen LogP contribution in [-0.4, -0.2) is 27.5 Å². The van der Waals surface area contributed by atoms with Crippen molar-refractivity contribution in [3.8, 4) is 5.75 Å². The Labute approximate surface area is 205 Å². The van der Waals surface area contributed by atoms with Gasteiger partial charge < -0.3 is 10.1 Å². The van der Waals surface area contributed by atoms with Crippen LogP contribution >= 0.6 is 0 Å². The average molecular weight is 487 g/mol. The zero-order chi connectivity index (χ0) is 24.4. The SMILES string of the molecule is Cc1ccc(S(=O)(=O)N2CCCc3ccc(NC(=O)COc4ccc5ccccc5c4)cc32)cc1. The summed E-state index contributed by atoms with van der Waals surface area (Å²) in [6.45, 7) is 2.16. The first kappa shape index (κ1) is 22.9. The summed E-state index contributed by atoms with van der Waals surface area (Å²) in [5.41, 5.74) is 3.07. The minimum atomic E-state index is -3.71. The third-order valence-corrected chi connectivity index (χ3v) is 7.97. The third-order valence-electron chi connectivity index (χ3n) is 6.14. The molecule has 0 fully saturated rings. The van der Waals surface area contributed by atoms with E-state index in [-0.39, 0.29) is 17.4 Å². The van der Waals surface area contributed by atoms with Gasteiger partial charge in [-0.2, -0.15) is 0 Å².